The van der Waals surface area contributed by atoms with Gasteiger partial charge >= 0.3 is 6.16 Å². The van der Waals surface area contributed by atoms with Gasteiger partial charge in [0, 0.05) is 0 Å². The molecule has 0 aliphatic heterocycles. The highest BCUT2D eigenvalue weighted by molar-refractivity contribution is 5.68. The Hall–Kier alpha value is -2.25. The molecule has 0 saturated heterocycles. The quantitative estimate of drug-likeness (QED) is 0.765. The number of ether oxygens (including phenoxy) is 3. The zero-order chi connectivity index (χ0) is 14.4. The van der Waals surface area contributed by atoms with Gasteiger partial charge in [0.25, 0.3) is 5.88 Å². The number of rotatable bonds is 5. The molecule has 1 aromatic heterocycles. The largest absolute Gasteiger partial charge is 0.515 e. The standard InChI is InChI=1S/C11H18N4O4/c1-4-17-11(16)19-9-7(12)8(14-10(13)15-9)18-5-6(2)3/h6H,4-5,12H2,1-3H3,(H2,13,14,15). The van der Waals surface area contributed by atoms with Crippen molar-refractivity contribution in [2.24, 2.45) is 5.92 Å². The van der Waals surface area contributed by atoms with Crippen LogP contribution in [0.2, 0.25) is 0 Å². The van der Waals surface area contributed by atoms with Gasteiger partial charge in [0.1, 0.15) is 0 Å². The zero-order valence-corrected chi connectivity index (χ0v) is 11.2. The molecule has 8 heteroatoms. The van der Waals surface area contributed by atoms with Crippen LogP contribution in [0.25, 0.3) is 0 Å². The van der Waals surface area contributed by atoms with Crippen molar-refractivity contribution in [3.8, 4) is 11.8 Å². The van der Waals surface area contributed by atoms with Crippen LogP contribution in [-0.2, 0) is 4.74 Å². The number of hydrogen-bond donors (Lipinski definition) is 2. The van der Waals surface area contributed by atoms with Crippen molar-refractivity contribution in [2.75, 3.05) is 24.7 Å². The third-order valence-corrected chi connectivity index (χ3v) is 1.89. The zero-order valence-electron chi connectivity index (χ0n) is 11.2. The van der Waals surface area contributed by atoms with Crippen LogP contribution in [0.1, 0.15) is 20.8 Å². The Morgan fingerprint density at radius 2 is 1.89 bits per heavy atom. The first-order valence-electron chi connectivity index (χ1n) is 5.84. The number of carbonyl (C=O) groups excluding carboxylic acids is 1. The van der Waals surface area contributed by atoms with Gasteiger partial charge in [-0.3, -0.25) is 0 Å². The smallest absolute Gasteiger partial charge is 0.476 e. The molecule has 1 rings (SSSR count). The van der Waals surface area contributed by atoms with Crippen LogP contribution in [0, 0.1) is 5.92 Å². The third kappa shape index (κ3) is 4.49. The van der Waals surface area contributed by atoms with Gasteiger partial charge in [-0.15, -0.1) is 0 Å². The predicted octanol–water partition coefficient (Wildman–Crippen LogP) is 1.21. The van der Waals surface area contributed by atoms with Crippen LogP contribution in [0.3, 0.4) is 0 Å². The molecule has 0 aliphatic carbocycles. The number of aromatic nitrogens is 2. The minimum Gasteiger partial charge on any atom is -0.476 e. The van der Waals surface area contributed by atoms with Gasteiger partial charge in [-0.25, -0.2) is 4.79 Å². The molecule has 0 atom stereocenters. The number of nitrogens with zero attached hydrogens (tertiary/aromatic N) is 2. The molecular weight excluding hydrogens is 252 g/mol. The fourth-order valence-corrected chi connectivity index (χ4v) is 1.10. The molecule has 106 valence electrons. The van der Waals surface area contributed by atoms with Gasteiger partial charge in [-0.1, -0.05) is 13.8 Å². The summed E-state index contributed by atoms with van der Waals surface area (Å²) in [5.41, 5.74) is 11.2. The lowest BCUT2D eigenvalue weighted by atomic mass is 10.2. The minimum absolute atomic E-state index is 0.00269. The molecule has 0 unspecified atom stereocenters. The Balaban J connectivity index is 2.89. The SMILES string of the molecule is CCOC(=O)Oc1nc(N)nc(OCC(C)C)c1N. The number of anilines is 2. The lowest BCUT2D eigenvalue weighted by Crippen LogP contribution is -2.15. The maximum absolute atomic E-state index is 11.2. The second-order valence-electron chi connectivity index (χ2n) is 4.10. The van der Waals surface area contributed by atoms with Gasteiger partial charge in [0.2, 0.25) is 11.8 Å². The predicted molar refractivity (Wildman–Crippen MR) is 68.8 cm³/mol. The van der Waals surface area contributed by atoms with Crippen LogP contribution in [0.5, 0.6) is 11.8 Å². The highest BCUT2D eigenvalue weighted by Gasteiger charge is 2.17. The van der Waals surface area contributed by atoms with Crippen molar-refractivity contribution in [1.29, 1.82) is 0 Å². The van der Waals surface area contributed by atoms with E-state index in [-0.39, 0.29) is 35.9 Å². The van der Waals surface area contributed by atoms with E-state index in [2.05, 4.69) is 14.7 Å². The molecule has 19 heavy (non-hydrogen) atoms. The molecule has 0 aromatic carbocycles. The minimum atomic E-state index is -0.915. The van der Waals surface area contributed by atoms with Crippen molar-refractivity contribution in [1.82, 2.24) is 9.97 Å². The van der Waals surface area contributed by atoms with Gasteiger partial charge in [0.05, 0.1) is 13.2 Å². The summed E-state index contributed by atoms with van der Waals surface area (Å²) in [5, 5.41) is 0. The molecule has 4 N–H and O–H groups in total. The van der Waals surface area contributed by atoms with E-state index in [9.17, 15) is 4.79 Å². The first-order valence-corrected chi connectivity index (χ1v) is 5.84. The van der Waals surface area contributed by atoms with Crippen LogP contribution in [0.4, 0.5) is 16.4 Å². The Kier molecular flexibility index (Phi) is 5.16. The average molecular weight is 270 g/mol. The summed E-state index contributed by atoms with van der Waals surface area (Å²) in [6.45, 7) is 6.17. The van der Waals surface area contributed by atoms with E-state index in [0.717, 1.165) is 0 Å². The van der Waals surface area contributed by atoms with Gasteiger partial charge in [-0.05, 0) is 12.8 Å². The Morgan fingerprint density at radius 1 is 1.26 bits per heavy atom. The average Bonchev–Trinajstić information content (AvgIpc) is 2.31. The first kappa shape index (κ1) is 14.8. The molecular formula is C11H18N4O4. The topological polar surface area (TPSA) is 123 Å². The van der Waals surface area contributed by atoms with Crippen molar-refractivity contribution < 1.29 is 19.0 Å². The summed E-state index contributed by atoms with van der Waals surface area (Å²) in [5.74, 6) is 0.0856. The third-order valence-electron chi connectivity index (χ3n) is 1.89. The molecule has 0 saturated carbocycles. The second-order valence-corrected chi connectivity index (χ2v) is 4.10. The molecule has 0 spiro atoms. The number of hydrogen-bond acceptors (Lipinski definition) is 8. The summed E-state index contributed by atoms with van der Waals surface area (Å²) < 4.78 is 14.8. The molecule has 0 amide bonds. The molecule has 8 nitrogen and oxygen atoms in total. The van der Waals surface area contributed by atoms with E-state index in [1.165, 1.54) is 0 Å². The summed E-state index contributed by atoms with van der Waals surface area (Å²) in [6, 6.07) is 0. The Morgan fingerprint density at radius 3 is 2.47 bits per heavy atom. The van der Waals surface area contributed by atoms with Crippen molar-refractivity contribution >= 4 is 17.8 Å². The summed E-state index contributed by atoms with van der Waals surface area (Å²) in [6.07, 6.45) is -0.915. The summed E-state index contributed by atoms with van der Waals surface area (Å²) in [7, 11) is 0. The van der Waals surface area contributed by atoms with Crippen LogP contribution in [-0.4, -0.2) is 29.3 Å². The highest BCUT2D eigenvalue weighted by Crippen LogP contribution is 2.29. The van der Waals surface area contributed by atoms with E-state index >= 15 is 0 Å². The van der Waals surface area contributed by atoms with Gasteiger partial charge in [0.15, 0.2) is 5.69 Å². The van der Waals surface area contributed by atoms with E-state index in [1.807, 2.05) is 13.8 Å². The monoisotopic (exact) mass is 270 g/mol. The van der Waals surface area contributed by atoms with E-state index in [4.69, 9.17) is 20.9 Å². The number of nitrogens with two attached hydrogens (primary N) is 2. The van der Waals surface area contributed by atoms with Crippen LogP contribution in [0.15, 0.2) is 0 Å². The van der Waals surface area contributed by atoms with Crippen molar-refractivity contribution in [3.05, 3.63) is 0 Å². The lowest BCUT2D eigenvalue weighted by Gasteiger charge is -2.12. The molecule has 0 bridgehead atoms. The van der Waals surface area contributed by atoms with Gasteiger partial charge in [-0.2, -0.15) is 9.97 Å². The Labute approximate surface area is 111 Å². The summed E-state index contributed by atoms with van der Waals surface area (Å²) >= 11 is 0. The lowest BCUT2D eigenvalue weighted by molar-refractivity contribution is 0.103. The molecule has 0 aliphatic rings. The molecule has 1 heterocycles. The molecule has 0 radical (unpaired) electrons. The Bertz CT molecular complexity index is 451. The first-order chi connectivity index (χ1) is 8.93. The fourth-order valence-electron chi connectivity index (χ4n) is 1.10. The maximum atomic E-state index is 11.2. The van der Waals surface area contributed by atoms with Gasteiger partial charge < -0.3 is 25.7 Å². The highest BCUT2D eigenvalue weighted by atomic mass is 16.7. The van der Waals surface area contributed by atoms with E-state index in [1.54, 1.807) is 6.92 Å². The van der Waals surface area contributed by atoms with Crippen LogP contribution >= 0.6 is 0 Å². The van der Waals surface area contributed by atoms with E-state index in [0.29, 0.717) is 6.61 Å². The van der Waals surface area contributed by atoms with E-state index < -0.39 is 6.16 Å². The van der Waals surface area contributed by atoms with Crippen molar-refractivity contribution in [3.63, 3.8) is 0 Å². The maximum Gasteiger partial charge on any atom is 0.515 e. The fraction of sp³-hybridized carbons (Fsp3) is 0.545. The number of nitrogen functional groups attached to an aromatic ring is 2. The molecule has 0 fully saturated rings. The molecule has 1 aromatic rings. The normalized spacial score (nSPS) is 10.3. The van der Waals surface area contributed by atoms with Crippen LogP contribution < -0.4 is 20.9 Å². The second kappa shape index (κ2) is 6.62. The van der Waals surface area contributed by atoms with Crippen molar-refractivity contribution in [2.45, 2.75) is 20.8 Å². The summed E-state index contributed by atoms with van der Waals surface area (Å²) in [4.78, 5) is 18.8. The number of carbonyl (C=O) groups is 1.